The Morgan fingerprint density at radius 3 is 1.73 bits per heavy atom. The van der Waals surface area contributed by atoms with Crippen molar-refractivity contribution in [2.45, 2.75) is 15.0 Å². The second-order valence-corrected chi connectivity index (χ2v) is 11.6. The van der Waals surface area contributed by atoms with Crippen molar-refractivity contribution in [1.82, 2.24) is 4.31 Å². The third kappa shape index (κ3) is 3.88. The molecular formula is C21H17ClFNO4S2. The van der Waals surface area contributed by atoms with Crippen molar-refractivity contribution in [3.05, 3.63) is 83.6 Å². The normalized spacial score (nSPS) is 15.7. The van der Waals surface area contributed by atoms with E-state index < -0.39 is 25.1 Å². The molecule has 0 aliphatic carbocycles. The molecule has 0 amide bonds. The first-order valence-corrected chi connectivity index (χ1v) is 12.4. The van der Waals surface area contributed by atoms with Gasteiger partial charge in [0.05, 0.1) is 15.0 Å². The highest BCUT2D eigenvalue weighted by Crippen LogP contribution is 2.30. The molecule has 0 unspecified atom stereocenters. The monoisotopic (exact) mass is 465 g/mol. The fourth-order valence-corrected chi connectivity index (χ4v) is 6.72. The molecule has 156 valence electrons. The van der Waals surface area contributed by atoms with E-state index >= 15 is 0 Å². The Bertz CT molecular complexity index is 1270. The predicted molar refractivity (Wildman–Crippen MR) is 113 cm³/mol. The fraction of sp³-hybridized carbons (Fsp3) is 0.143. The van der Waals surface area contributed by atoms with Crippen LogP contribution in [-0.4, -0.2) is 39.5 Å². The highest BCUT2D eigenvalue weighted by Gasteiger charge is 2.44. The van der Waals surface area contributed by atoms with Crippen molar-refractivity contribution in [2.24, 2.45) is 0 Å². The van der Waals surface area contributed by atoms with Crippen molar-refractivity contribution in [1.29, 1.82) is 0 Å². The minimum absolute atomic E-state index is 0.0794. The average Bonchev–Trinajstić information content (AvgIpc) is 2.67. The van der Waals surface area contributed by atoms with Gasteiger partial charge in [-0.25, -0.2) is 21.2 Å². The third-order valence-corrected chi connectivity index (χ3v) is 9.27. The number of hydrogen-bond donors (Lipinski definition) is 0. The van der Waals surface area contributed by atoms with Crippen LogP contribution in [0.15, 0.2) is 82.6 Å². The smallest absolute Gasteiger partial charge is 0.223 e. The number of rotatable bonds is 5. The molecule has 3 aromatic carbocycles. The van der Waals surface area contributed by atoms with E-state index in [1.54, 1.807) is 24.3 Å². The van der Waals surface area contributed by atoms with Crippen LogP contribution in [0.3, 0.4) is 0 Å². The molecule has 1 heterocycles. The number of nitrogens with zero attached hydrogens (tertiary/aromatic N) is 1. The van der Waals surface area contributed by atoms with Crippen molar-refractivity contribution >= 4 is 31.5 Å². The van der Waals surface area contributed by atoms with E-state index in [-0.39, 0.29) is 28.7 Å². The van der Waals surface area contributed by atoms with Crippen LogP contribution in [-0.2, 0) is 19.9 Å². The van der Waals surface area contributed by atoms with Gasteiger partial charge in [-0.05, 0) is 59.7 Å². The van der Waals surface area contributed by atoms with Crippen LogP contribution in [0, 0.1) is 5.82 Å². The molecule has 0 aromatic heterocycles. The van der Waals surface area contributed by atoms with E-state index in [0.717, 1.165) is 15.4 Å². The molecular weight excluding hydrogens is 449 g/mol. The highest BCUT2D eigenvalue weighted by atomic mass is 35.5. The predicted octanol–water partition coefficient (Wildman–Crippen LogP) is 3.99. The average molecular weight is 466 g/mol. The van der Waals surface area contributed by atoms with Crippen LogP contribution in [0.1, 0.15) is 0 Å². The van der Waals surface area contributed by atoms with Crippen LogP contribution in [0.4, 0.5) is 4.39 Å². The molecule has 0 N–H and O–H groups in total. The van der Waals surface area contributed by atoms with Gasteiger partial charge in [0.2, 0.25) is 10.0 Å². The summed E-state index contributed by atoms with van der Waals surface area (Å²) in [6.07, 6.45) is 0. The lowest BCUT2D eigenvalue weighted by atomic mass is 10.1. The van der Waals surface area contributed by atoms with Crippen LogP contribution in [0.5, 0.6) is 0 Å². The first kappa shape index (κ1) is 21.0. The second-order valence-electron chi connectivity index (χ2n) is 6.97. The Hall–Kier alpha value is -2.26. The molecule has 1 saturated heterocycles. The zero-order valence-electron chi connectivity index (χ0n) is 15.6. The molecule has 30 heavy (non-hydrogen) atoms. The van der Waals surface area contributed by atoms with E-state index in [4.69, 9.17) is 11.6 Å². The topological polar surface area (TPSA) is 71.5 Å². The summed E-state index contributed by atoms with van der Waals surface area (Å²) in [7, 11) is -7.44. The molecule has 1 aliphatic heterocycles. The summed E-state index contributed by atoms with van der Waals surface area (Å²) < 4.78 is 65.2. The summed E-state index contributed by atoms with van der Waals surface area (Å²) in [6.45, 7) is -0.208. The summed E-state index contributed by atoms with van der Waals surface area (Å²) in [4.78, 5) is 0.202. The molecule has 0 saturated carbocycles. The maximum atomic E-state index is 13.1. The SMILES string of the molecule is O=S(=O)(c1ccc(Cl)cc1)C1CN(S(=O)(=O)c2ccc(-c3ccc(F)cc3)cc2)C1. The van der Waals surface area contributed by atoms with Crippen molar-refractivity contribution in [2.75, 3.05) is 13.1 Å². The summed E-state index contributed by atoms with van der Waals surface area (Å²) in [5.74, 6) is -0.348. The van der Waals surface area contributed by atoms with Gasteiger partial charge in [0.15, 0.2) is 9.84 Å². The van der Waals surface area contributed by atoms with E-state index in [1.165, 1.54) is 48.5 Å². The first-order chi connectivity index (χ1) is 14.2. The molecule has 9 heteroatoms. The Morgan fingerprint density at radius 2 is 1.20 bits per heavy atom. The van der Waals surface area contributed by atoms with Crippen molar-refractivity contribution in [3.63, 3.8) is 0 Å². The van der Waals surface area contributed by atoms with E-state index in [0.29, 0.717) is 5.02 Å². The number of halogens is 2. The Morgan fingerprint density at radius 1 is 0.733 bits per heavy atom. The quantitative estimate of drug-likeness (QED) is 0.571. The fourth-order valence-electron chi connectivity index (χ4n) is 3.22. The van der Waals surface area contributed by atoms with Gasteiger partial charge < -0.3 is 0 Å². The van der Waals surface area contributed by atoms with Gasteiger partial charge in [0, 0.05) is 18.1 Å². The maximum Gasteiger partial charge on any atom is 0.243 e. The molecule has 0 spiro atoms. The van der Waals surface area contributed by atoms with E-state index in [9.17, 15) is 21.2 Å². The zero-order chi connectivity index (χ0) is 21.5. The number of benzene rings is 3. The molecule has 1 fully saturated rings. The van der Waals surface area contributed by atoms with Gasteiger partial charge in [-0.1, -0.05) is 35.9 Å². The summed E-state index contributed by atoms with van der Waals surface area (Å²) >= 11 is 5.80. The van der Waals surface area contributed by atoms with Crippen molar-refractivity contribution in [3.8, 4) is 11.1 Å². The largest absolute Gasteiger partial charge is 0.243 e. The zero-order valence-corrected chi connectivity index (χ0v) is 18.0. The van der Waals surface area contributed by atoms with E-state index in [1.807, 2.05) is 0 Å². The van der Waals surface area contributed by atoms with Crippen LogP contribution in [0.25, 0.3) is 11.1 Å². The van der Waals surface area contributed by atoms with Gasteiger partial charge in [-0.2, -0.15) is 4.31 Å². The van der Waals surface area contributed by atoms with Gasteiger partial charge >= 0.3 is 0 Å². The van der Waals surface area contributed by atoms with E-state index in [2.05, 4.69) is 0 Å². The number of sulfonamides is 1. The molecule has 0 bridgehead atoms. The molecule has 3 aromatic rings. The Labute approximate surface area is 179 Å². The first-order valence-electron chi connectivity index (χ1n) is 9.03. The molecule has 0 radical (unpaired) electrons. The lowest BCUT2D eigenvalue weighted by Crippen LogP contribution is -2.56. The highest BCUT2D eigenvalue weighted by molar-refractivity contribution is 7.92. The lowest BCUT2D eigenvalue weighted by molar-refractivity contribution is 0.309. The van der Waals surface area contributed by atoms with Crippen LogP contribution >= 0.6 is 11.6 Å². The van der Waals surface area contributed by atoms with Gasteiger partial charge in [-0.3, -0.25) is 0 Å². The van der Waals surface area contributed by atoms with Gasteiger partial charge in [0.25, 0.3) is 0 Å². The lowest BCUT2D eigenvalue weighted by Gasteiger charge is -2.37. The van der Waals surface area contributed by atoms with Crippen molar-refractivity contribution < 1.29 is 21.2 Å². The number of hydrogen-bond acceptors (Lipinski definition) is 4. The Balaban J connectivity index is 1.49. The van der Waals surface area contributed by atoms with Gasteiger partial charge in [0.1, 0.15) is 5.82 Å². The Kier molecular flexibility index (Phi) is 5.44. The van der Waals surface area contributed by atoms with Crippen LogP contribution < -0.4 is 0 Å². The molecule has 1 aliphatic rings. The molecule has 5 nitrogen and oxygen atoms in total. The minimum Gasteiger partial charge on any atom is -0.223 e. The summed E-state index contributed by atoms with van der Waals surface area (Å²) in [5.41, 5.74) is 1.51. The number of sulfone groups is 1. The molecule has 0 atom stereocenters. The van der Waals surface area contributed by atoms with Crippen LogP contribution in [0.2, 0.25) is 5.02 Å². The maximum absolute atomic E-state index is 13.1. The standard InChI is InChI=1S/C21H17ClFNO4S2/c22-17-5-11-19(12-6-17)29(25,26)21-13-24(14-21)30(27,28)20-9-3-16(4-10-20)15-1-7-18(23)8-2-15/h1-12,21H,13-14H2. The third-order valence-electron chi connectivity index (χ3n) is 5.07. The molecule has 4 rings (SSSR count). The minimum atomic E-state index is -3.80. The summed E-state index contributed by atoms with van der Waals surface area (Å²) in [6, 6.07) is 17.9. The van der Waals surface area contributed by atoms with Gasteiger partial charge in [-0.15, -0.1) is 0 Å². The second kappa shape index (κ2) is 7.77. The summed E-state index contributed by atoms with van der Waals surface area (Å²) in [5, 5.41) is -0.372.